The highest BCUT2D eigenvalue weighted by Gasteiger charge is 2.41. The molecule has 1 amide bonds. The average Bonchev–Trinajstić information content (AvgIpc) is 3.20. The number of hydrogen-bond acceptors (Lipinski definition) is 4. The molecule has 0 N–H and O–H groups in total. The third-order valence-electron chi connectivity index (χ3n) is 7.34. The number of ether oxygens (including phenoxy) is 3. The molecule has 2 heterocycles. The van der Waals surface area contributed by atoms with Crippen LogP contribution in [0.3, 0.4) is 0 Å². The van der Waals surface area contributed by atoms with Crippen molar-refractivity contribution in [1.82, 2.24) is 4.90 Å². The van der Waals surface area contributed by atoms with Crippen LogP contribution < -0.4 is 4.74 Å². The standard InChI is InChI=1S/C29H25F2NO4/c1-34-26-11-10-25(30)27(28(26)31)17-12-18-14-35-15-19(13-17)32(18)29(33)36-16-24-22-8-4-2-6-20(22)21-7-3-5-9-23(21)24/h2-12,18-19,24H,13-16H2,1H3. The summed E-state index contributed by atoms with van der Waals surface area (Å²) < 4.78 is 46.2. The largest absolute Gasteiger partial charge is 0.494 e. The van der Waals surface area contributed by atoms with Gasteiger partial charge in [0.25, 0.3) is 0 Å². The molecule has 0 aromatic heterocycles. The fourth-order valence-corrected chi connectivity index (χ4v) is 5.72. The van der Waals surface area contributed by atoms with E-state index in [9.17, 15) is 13.6 Å². The Morgan fingerprint density at radius 2 is 1.69 bits per heavy atom. The summed E-state index contributed by atoms with van der Waals surface area (Å²) in [5, 5.41) is 0. The molecule has 1 saturated heterocycles. The van der Waals surface area contributed by atoms with E-state index in [1.165, 1.54) is 19.2 Å². The highest BCUT2D eigenvalue weighted by Crippen LogP contribution is 2.45. The van der Waals surface area contributed by atoms with Crippen molar-refractivity contribution >= 4 is 11.7 Å². The molecule has 2 atom stereocenters. The van der Waals surface area contributed by atoms with Crippen molar-refractivity contribution in [3.8, 4) is 16.9 Å². The van der Waals surface area contributed by atoms with Crippen LogP contribution in [0.25, 0.3) is 16.7 Å². The zero-order valence-corrected chi connectivity index (χ0v) is 19.7. The molecule has 1 aliphatic carbocycles. The quantitative estimate of drug-likeness (QED) is 0.466. The minimum absolute atomic E-state index is 0.0207. The van der Waals surface area contributed by atoms with Gasteiger partial charge in [0.05, 0.1) is 38.0 Å². The van der Waals surface area contributed by atoms with Crippen LogP contribution in [0.15, 0.2) is 66.7 Å². The Hall–Kier alpha value is -3.71. The lowest BCUT2D eigenvalue weighted by molar-refractivity contribution is -0.0332. The third kappa shape index (κ3) is 3.66. The summed E-state index contributed by atoms with van der Waals surface area (Å²) in [7, 11) is 1.34. The van der Waals surface area contributed by atoms with E-state index in [2.05, 4.69) is 24.3 Å². The minimum Gasteiger partial charge on any atom is -0.494 e. The van der Waals surface area contributed by atoms with Crippen LogP contribution in [-0.4, -0.2) is 50.0 Å². The summed E-state index contributed by atoms with van der Waals surface area (Å²) in [4.78, 5) is 15.0. The van der Waals surface area contributed by atoms with Crippen LogP contribution in [0.5, 0.6) is 5.75 Å². The Morgan fingerprint density at radius 3 is 2.36 bits per heavy atom. The van der Waals surface area contributed by atoms with Crippen LogP contribution in [0.1, 0.15) is 29.0 Å². The number of methoxy groups -OCH3 is 1. The molecule has 3 aliphatic rings. The second kappa shape index (κ2) is 9.06. The van der Waals surface area contributed by atoms with Crippen molar-refractivity contribution in [1.29, 1.82) is 0 Å². The van der Waals surface area contributed by atoms with Gasteiger partial charge in [-0.25, -0.2) is 13.6 Å². The third-order valence-corrected chi connectivity index (χ3v) is 7.34. The number of carbonyl (C=O) groups is 1. The zero-order chi connectivity index (χ0) is 24.8. The van der Waals surface area contributed by atoms with Crippen molar-refractivity contribution in [2.75, 3.05) is 26.9 Å². The molecule has 2 aliphatic heterocycles. The average molecular weight is 490 g/mol. The lowest BCUT2D eigenvalue weighted by Crippen LogP contribution is -2.56. The van der Waals surface area contributed by atoms with Gasteiger partial charge in [-0.05, 0) is 46.4 Å². The van der Waals surface area contributed by atoms with Crippen molar-refractivity contribution in [3.05, 3.63) is 95.1 Å². The van der Waals surface area contributed by atoms with E-state index >= 15 is 0 Å². The molecule has 6 rings (SSSR count). The lowest BCUT2D eigenvalue weighted by Gasteiger charge is -2.44. The van der Waals surface area contributed by atoms with Gasteiger partial charge in [0.2, 0.25) is 0 Å². The molecule has 184 valence electrons. The van der Waals surface area contributed by atoms with Crippen molar-refractivity contribution in [2.24, 2.45) is 0 Å². The molecule has 7 heteroatoms. The maximum Gasteiger partial charge on any atom is 0.410 e. The Labute approximate surface area is 207 Å². The fraction of sp³-hybridized carbons (Fsp3) is 0.276. The Morgan fingerprint density at radius 1 is 1.00 bits per heavy atom. The highest BCUT2D eigenvalue weighted by molar-refractivity contribution is 5.79. The van der Waals surface area contributed by atoms with E-state index in [-0.39, 0.29) is 49.5 Å². The maximum atomic E-state index is 14.9. The molecule has 1 fully saturated rings. The smallest absolute Gasteiger partial charge is 0.410 e. The van der Waals surface area contributed by atoms with Crippen LogP contribution in [0.4, 0.5) is 13.6 Å². The first-order chi connectivity index (χ1) is 17.6. The number of carbonyl (C=O) groups excluding carboxylic acids is 1. The number of hydrogen-bond donors (Lipinski definition) is 0. The fourth-order valence-electron chi connectivity index (χ4n) is 5.72. The number of halogens is 2. The maximum absolute atomic E-state index is 14.9. The van der Waals surface area contributed by atoms with E-state index in [4.69, 9.17) is 14.2 Å². The van der Waals surface area contributed by atoms with Gasteiger partial charge in [-0.2, -0.15) is 0 Å². The van der Waals surface area contributed by atoms with Crippen molar-refractivity contribution < 1.29 is 27.8 Å². The summed E-state index contributed by atoms with van der Waals surface area (Å²) in [5.41, 5.74) is 4.99. The molecule has 2 bridgehead atoms. The van der Waals surface area contributed by atoms with Crippen LogP contribution in [-0.2, 0) is 9.47 Å². The van der Waals surface area contributed by atoms with Crippen molar-refractivity contribution in [3.63, 3.8) is 0 Å². The number of nitrogens with zero attached hydrogens (tertiary/aromatic N) is 1. The number of benzene rings is 3. The van der Waals surface area contributed by atoms with Gasteiger partial charge >= 0.3 is 6.09 Å². The molecular formula is C29H25F2NO4. The molecule has 3 aromatic rings. The number of amides is 1. The van der Waals surface area contributed by atoms with E-state index < -0.39 is 23.8 Å². The topological polar surface area (TPSA) is 48.0 Å². The predicted octanol–water partition coefficient (Wildman–Crippen LogP) is 5.78. The Balaban J connectivity index is 1.24. The monoisotopic (exact) mass is 489 g/mol. The highest BCUT2D eigenvalue weighted by atomic mass is 19.1. The first-order valence-electron chi connectivity index (χ1n) is 12.0. The Bertz CT molecular complexity index is 1330. The van der Waals surface area contributed by atoms with E-state index in [0.29, 0.717) is 5.57 Å². The van der Waals surface area contributed by atoms with Gasteiger partial charge in [-0.15, -0.1) is 0 Å². The lowest BCUT2D eigenvalue weighted by atomic mass is 9.89. The normalized spacial score (nSPS) is 20.4. The van der Waals surface area contributed by atoms with Crippen molar-refractivity contribution in [2.45, 2.75) is 24.4 Å². The molecule has 3 aromatic carbocycles. The second-order valence-corrected chi connectivity index (χ2v) is 9.30. The van der Waals surface area contributed by atoms with Crippen LogP contribution in [0.2, 0.25) is 0 Å². The molecule has 0 saturated carbocycles. The van der Waals surface area contributed by atoms with E-state index in [1.54, 1.807) is 11.0 Å². The first-order valence-corrected chi connectivity index (χ1v) is 12.0. The van der Waals surface area contributed by atoms with Gasteiger partial charge in [0, 0.05) is 5.92 Å². The van der Waals surface area contributed by atoms with Gasteiger partial charge in [0.15, 0.2) is 11.6 Å². The molecule has 0 spiro atoms. The van der Waals surface area contributed by atoms with Gasteiger partial charge in [-0.3, -0.25) is 4.90 Å². The van der Waals surface area contributed by atoms with Gasteiger partial charge in [0.1, 0.15) is 12.4 Å². The molecule has 5 nitrogen and oxygen atoms in total. The zero-order valence-electron chi connectivity index (χ0n) is 19.7. The van der Waals surface area contributed by atoms with Crippen LogP contribution in [0, 0.1) is 11.6 Å². The van der Waals surface area contributed by atoms with Gasteiger partial charge < -0.3 is 14.2 Å². The van der Waals surface area contributed by atoms with Crippen LogP contribution >= 0.6 is 0 Å². The molecule has 36 heavy (non-hydrogen) atoms. The summed E-state index contributed by atoms with van der Waals surface area (Å²) >= 11 is 0. The Kier molecular flexibility index (Phi) is 5.72. The van der Waals surface area contributed by atoms with E-state index in [1.807, 2.05) is 24.3 Å². The number of fused-ring (bicyclic) bond motifs is 5. The molecular weight excluding hydrogens is 464 g/mol. The predicted molar refractivity (Wildman–Crippen MR) is 131 cm³/mol. The molecule has 0 radical (unpaired) electrons. The summed E-state index contributed by atoms with van der Waals surface area (Å²) in [5.74, 6) is -1.47. The summed E-state index contributed by atoms with van der Waals surface area (Å²) in [6.07, 6.45) is 1.51. The SMILES string of the molecule is COc1ccc(F)c(C2=CC3COCC(C2)N3C(=O)OCC2c3ccccc3-c3ccccc32)c1F. The minimum atomic E-state index is -0.739. The second-order valence-electron chi connectivity index (χ2n) is 9.30. The van der Waals surface area contributed by atoms with Gasteiger partial charge in [-0.1, -0.05) is 54.6 Å². The van der Waals surface area contributed by atoms with E-state index in [0.717, 1.165) is 22.3 Å². The number of rotatable bonds is 4. The summed E-state index contributed by atoms with van der Waals surface area (Å²) in [6.45, 7) is 0.710. The molecule has 2 unspecified atom stereocenters. The summed E-state index contributed by atoms with van der Waals surface area (Å²) in [6, 6.07) is 17.9. The number of morpholine rings is 1. The first kappa shape index (κ1) is 22.7.